The van der Waals surface area contributed by atoms with Crippen LogP contribution in [0.2, 0.25) is 0 Å². The third-order valence-electron chi connectivity index (χ3n) is 2.67. The predicted octanol–water partition coefficient (Wildman–Crippen LogP) is -2.33. The highest BCUT2D eigenvalue weighted by atomic mass is 16.7. The second-order valence-corrected chi connectivity index (χ2v) is 4.07. The van der Waals surface area contributed by atoms with Crippen molar-refractivity contribution in [2.75, 3.05) is 13.2 Å². The molecule has 0 saturated carbocycles. The van der Waals surface area contributed by atoms with Crippen molar-refractivity contribution >= 4 is 5.97 Å². The number of carbonyl (C=O) groups is 1. The first-order chi connectivity index (χ1) is 8.47. The molecule has 18 heavy (non-hydrogen) atoms. The molecule has 0 amide bonds. The molecule has 0 bridgehead atoms. The summed E-state index contributed by atoms with van der Waals surface area (Å²) in [7, 11) is 0. The molecule has 0 aromatic rings. The van der Waals surface area contributed by atoms with Crippen LogP contribution >= 0.6 is 0 Å². The summed E-state index contributed by atoms with van der Waals surface area (Å²) in [6.45, 7) is -0.505. The van der Waals surface area contributed by atoms with Crippen LogP contribution in [0, 0.1) is 0 Å². The van der Waals surface area contributed by atoms with Crippen molar-refractivity contribution in [1.82, 2.24) is 0 Å². The molecule has 0 radical (unpaired) electrons. The van der Waals surface area contributed by atoms with Gasteiger partial charge in [0, 0.05) is 6.42 Å². The van der Waals surface area contributed by atoms with Crippen LogP contribution in [-0.2, 0) is 14.3 Å². The summed E-state index contributed by atoms with van der Waals surface area (Å²) < 4.78 is 10.1. The minimum atomic E-state index is -1.49. The van der Waals surface area contributed by atoms with E-state index < -0.39 is 43.3 Å². The van der Waals surface area contributed by atoms with E-state index in [1.165, 1.54) is 0 Å². The van der Waals surface area contributed by atoms with Crippen LogP contribution in [0.25, 0.3) is 0 Å². The number of ether oxygens (including phenoxy) is 2. The lowest BCUT2D eigenvalue weighted by Gasteiger charge is -2.39. The number of aliphatic hydroxyl groups is 4. The van der Waals surface area contributed by atoms with E-state index in [1.807, 2.05) is 0 Å². The summed E-state index contributed by atoms with van der Waals surface area (Å²) in [5.41, 5.74) is 0. The van der Waals surface area contributed by atoms with Gasteiger partial charge in [-0.1, -0.05) is 0 Å². The Kier molecular flexibility index (Phi) is 5.93. The monoisotopic (exact) mass is 266 g/mol. The zero-order chi connectivity index (χ0) is 13.7. The van der Waals surface area contributed by atoms with E-state index in [0.717, 1.165) is 0 Å². The van der Waals surface area contributed by atoms with E-state index in [1.54, 1.807) is 0 Å². The largest absolute Gasteiger partial charge is 0.481 e. The van der Waals surface area contributed by atoms with Crippen molar-refractivity contribution in [3.63, 3.8) is 0 Å². The maximum atomic E-state index is 10.3. The molecule has 0 aliphatic carbocycles. The minimum absolute atomic E-state index is 0.0228. The average Bonchev–Trinajstić information content (AvgIpc) is 2.34. The van der Waals surface area contributed by atoms with Gasteiger partial charge in [-0.15, -0.1) is 0 Å². The third kappa shape index (κ3) is 3.87. The number of aliphatic hydroxyl groups excluding tert-OH is 4. The fourth-order valence-electron chi connectivity index (χ4n) is 1.63. The van der Waals surface area contributed by atoms with Gasteiger partial charge in [0.1, 0.15) is 24.4 Å². The van der Waals surface area contributed by atoms with E-state index in [-0.39, 0.29) is 19.4 Å². The summed E-state index contributed by atoms with van der Waals surface area (Å²) in [6, 6.07) is 0. The minimum Gasteiger partial charge on any atom is -0.481 e. The molecular formula is C10H18O8. The van der Waals surface area contributed by atoms with Gasteiger partial charge in [0.15, 0.2) is 6.29 Å². The van der Waals surface area contributed by atoms with Crippen molar-refractivity contribution in [2.45, 2.75) is 43.5 Å². The Morgan fingerprint density at radius 2 is 1.83 bits per heavy atom. The fourth-order valence-corrected chi connectivity index (χ4v) is 1.63. The van der Waals surface area contributed by atoms with Gasteiger partial charge in [0.05, 0.1) is 13.2 Å². The van der Waals surface area contributed by atoms with Gasteiger partial charge in [-0.3, -0.25) is 4.79 Å². The Labute approximate surface area is 103 Å². The summed E-state index contributed by atoms with van der Waals surface area (Å²) in [5, 5.41) is 45.8. The lowest BCUT2D eigenvalue weighted by atomic mass is 9.99. The smallest absolute Gasteiger partial charge is 0.303 e. The standard InChI is InChI=1S/C10H18O8/c11-4-5-7(14)8(15)9(16)10(18-5)17-3-1-2-6(12)13/h5,7-11,14-16H,1-4H2,(H,12,13)/t5-,7-,8+,9-,10?/m1/s1. The van der Waals surface area contributed by atoms with Crippen molar-refractivity contribution < 1.29 is 39.8 Å². The Morgan fingerprint density at radius 1 is 1.17 bits per heavy atom. The summed E-state index contributed by atoms with van der Waals surface area (Å²) in [5.74, 6) is -0.965. The second kappa shape index (κ2) is 6.98. The van der Waals surface area contributed by atoms with Gasteiger partial charge < -0.3 is 35.0 Å². The van der Waals surface area contributed by atoms with Crippen molar-refractivity contribution in [3.05, 3.63) is 0 Å². The van der Waals surface area contributed by atoms with Crippen LogP contribution in [0.4, 0.5) is 0 Å². The molecule has 1 aliphatic heterocycles. The van der Waals surface area contributed by atoms with Gasteiger partial charge in [-0.05, 0) is 6.42 Å². The third-order valence-corrected chi connectivity index (χ3v) is 2.67. The predicted molar refractivity (Wildman–Crippen MR) is 56.6 cm³/mol. The van der Waals surface area contributed by atoms with Gasteiger partial charge in [0.2, 0.25) is 0 Å². The molecule has 0 aromatic carbocycles. The molecule has 8 nitrogen and oxygen atoms in total. The number of carboxylic acids is 1. The molecule has 1 fully saturated rings. The Bertz CT molecular complexity index is 269. The zero-order valence-corrected chi connectivity index (χ0v) is 9.68. The van der Waals surface area contributed by atoms with Crippen LogP contribution < -0.4 is 0 Å². The zero-order valence-electron chi connectivity index (χ0n) is 9.68. The molecule has 8 heteroatoms. The molecule has 0 spiro atoms. The van der Waals surface area contributed by atoms with Gasteiger partial charge in [-0.2, -0.15) is 0 Å². The van der Waals surface area contributed by atoms with Gasteiger partial charge in [-0.25, -0.2) is 0 Å². The number of carboxylic acid groups (broad SMARTS) is 1. The van der Waals surface area contributed by atoms with E-state index in [0.29, 0.717) is 0 Å². The first-order valence-electron chi connectivity index (χ1n) is 5.61. The Balaban J connectivity index is 2.41. The molecule has 5 atom stereocenters. The summed E-state index contributed by atoms with van der Waals surface area (Å²) >= 11 is 0. The lowest BCUT2D eigenvalue weighted by Crippen LogP contribution is -2.59. The maximum absolute atomic E-state index is 10.3. The van der Waals surface area contributed by atoms with Crippen molar-refractivity contribution in [2.24, 2.45) is 0 Å². The van der Waals surface area contributed by atoms with Crippen LogP contribution in [0.3, 0.4) is 0 Å². The topological polar surface area (TPSA) is 137 Å². The molecule has 1 unspecified atom stereocenters. The molecular weight excluding hydrogens is 248 g/mol. The molecule has 1 aliphatic rings. The fraction of sp³-hybridized carbons (Fsp3) is 0.900. The highest BCUT2D eigenvalue weighted by molar-refractivity contribution is 5.66. The van der Waals surface area contributed by atoms with E-state index in [4.69, 9.17) is 19.7 Å². The number of hydrogen-bond acceptors (Lipinski definition) is 7. The Morgan fingerprint density at radius 3 is 2.39 bits per heavy atom. The normalized spacial score (nSPS) is 36.6. The average molecular weight is 266 g/mol. The number of hydrogen-bond donors (Lipinski definition) is 5. The van der Waals surface area contributed by atoms with E-state index in [2.05, 4.69) is 0 Å². The first kappa shape index (κ1) is 15.3. The molecule has 5 N–H and O–H groups in total. The highest BCUT2D eigenvalue weighted by Crippen LogP contribution is 2.21. The molecule has 1 rings (SSSR count). The first-order valence-corrected chi connectivity index (χ1v) is 5.61. The molecule has 106 valence electrons. The lowest BCUT2D eigenvalue weighted by molar-refractivity contribution is -0.301. The van der Waals surface area contributed by atoms with Crippen LogP contribution in [-0.4, -0.2) is 75.4 Å². The van der Waals surface area contributed by atoms with E-state index in [9.17, 15) is 20.1 Å². The van der Waals surface area contributed by atoms with Crippen LogP contribution in [0.5, 0.6) is 0 Å². The van der Waals surface area contributed by atoms with Crippen molar-refractivity contribution in [1.29, 1.82) is 0 Å². The SMILES string of the molecule is O=C(O)CCCOC1O[C@H](CO)[C@@H](O)[C@H](O)[C@H]1O. The molecule has 1 saturated heterocycles. The number of rotatable bonds is 6. The molecule has 1 heterocycles. The Hall–Kier alpha value is -0.770. The number of aliphatic carboxylic acids is 1. The van der Waals surface area contributed by atoms with Gasteiger partial charge >= 0.3 is 5.97 Å². The van der Waals surface area contributed by atoms with Crippen LogP contribution in [0.1, 0.15) is 12.8 Å². The summed E-state index contributed by atoms with van der Waals surface area (Å²) in [4.78, 5) is 10.3. The molecule has 0 aromatic heterocycles. The highest BCUT2D eigenvalue weighted by Gasteiger charge is 2.43. The quantitative estimate of drug-likeness (QED) is 0.337. The van der Waals surface area contributed by atoms with E-state index >= 15 is 0 Å². The second-order valence-electron chi connectivity index (χ2n) is 4.07. The van der Waals surface area contributed by atoms with Crippen molar-refractivity contribution in [3.8, 4) is 0 Å². The maximum Gasteiger partial charge on any atom is 0.303 e. The summed E-state index contributed by atoms with van der Waals surface area (Å²) in [6.07, 6.45) is -6.44. The van der Waals surface area contributed by atoms with Crippen LogP contribution in [0.15, 0.2) is 0 Å². The van der Waals surface area contributed by atoms with Gasteiger partial charge in [0.25, 0.3) is 0 Å².